The van der Waals surface area contributed by atoms with Gasteiger partial charge in [-0.1, -0.05) is 23.2 Å². The zero-order chi connectivity index (χ0) is 17.0. The Morgan fingerprint density at radius 2 is 1.87 bits per heavy atom. The largest absolute Gasteiger partial charge is 0.492 e. The van der Waals surface area contributed by atoms with Crippen LogP contribution in [0.4, 0.5) is 5.69 Å². The van der Waals surface area contributed by atoms with E-state index >= 15 is 0 Å². The predicted octanol–water partition coefficient (Wildman–Crippen LogP) is 5.25. The molecule has 0 heterocycles. The molecular formula is C16H14BrCl2NO3. The highest BCUT2D eigenvalue weighted by atomic mass is 79.9. The number of rotatable bonds is 6. The van der Waals surface area contributed by atoms with E-state index in [1.54, 1.807) is 24.3 Å². The molecule has 4 nitrogen and oxygen atoms in total. The lowest BCUT2D eigenvalue weighted by Crippen LogP contribution is -2.14. The molecular weight excluding hydrogens is 405 g/mol. The molecule has 0 spiro atoms. The first kappa shape index (κ1) is 17.9. The third-order valence-electron chi connectivity index (χ3n) is 2.97. The van der Waals surface area contributed by atoms with Crippen molar-refractivity contribution in [2.75, 3.05) is 18.5 Å². The van der Waals surface area contributed by atoms with E-state index in [4.69, 9.17) is 27.9 Å². The lowest BCUT2D eigenvalue weighted by molar-refractivity contribution is 0.0697. The monoisotopic (exact) mass is 417 g/mol. The molecule has 2 rings (SSSR count). The van der Waals surface area contributed by atoms with Crippen molar-refractivity contribution in [3.8, 4) is 5.75 Å². The van der Waals surface area contributed by atoms with Crippen LogP contribution in [0.25, 0.3) is 0 Å². The fourth-order valence-corrected chi connectivity index (χ4v) is 3.27. The van der Waals surface area contributed by atoms with E-state index in [1.165, 1.54) is 0 Å². The maximum atomic E-state index is 11.3. The zero-order valence-electron chi connectivity index (χ0n) is 12.2. The summed E-state index contributed by atoms with van der Waals surface area (Å²) in [5.74, 6) is -0.426. The molecule has 0 amide bonds. The lowest BCUT2D eigenvalue weighted by atomic mass is 10.1. The minimum atomic E-state index is -0.987. The molecule has 0 aromatic heterocycles. The van der Waals surface area contributed by atoms with E-state index in [2.05, 4.69) is 21.2 Å². The van der Waals surface area contributed by atoms with Gasteiger partial charge in [0.05, 0.1) is 11.3 Å². The minimum absolute atomic E-state index is 0.211. The molecule has 2 N–H and O–H groups in total. The molecule has 2 aromatic rings. The maximum absolute atomic E-state index is 11.3. The molecule has 0 atom stereocenters. The van der Waals surface area contributed by atoms with E-state index in [-0.39, 0.29) is 5.56 Å². The highest BCUT2D eigenvalue weighted by Gasteiger charge is 2.13. The van der Waals surface area contributed by atoms with Gasteiger partial charge in [-0.05, 0) is 58.7 Å². The Morgan fingerprint density at radius 3 is 2.48 bits per heavy atom. The molecule has 0 saturated heterocycles. The summed E-state index contributed by atoms with van der Waals surface area (Å²) >= 11 is 15.2. The van der Waals surface area contributed by atoms with Crippen molar-refractivity contribution in [3.05, 3.63) is 56.0 Å². The molecule has 0 aliphatic carbocycles. The number of hydrogen-bond donors (Lipinski definition) is 2. The number of anilines is 1. The first-order valence-electron chi connectivity index (χ1n) is 6.73. The summed E-state index contributed by atoms with van der Waals surface area (Å²) in [6.07, 6.45) is 0. The highest BCUT2D eigenvalue weighted by Crippen LogP contribution is 2.28. The molecule has 0 aliphatic rings. The van der Waals surface area contributed by atoms with Crippen molar-refractivity contribution in [1.82, 2.24) is 0 Å². The van der Waals surface area contributed by atoms with Gasteiger partial charge in [0.15, 0.2) is 0 Å². The van der Waals surface area contributed by atoms with Crippen molar-refractivity contribution in [3.63, 3.8) is 0 Å². The van der Waals surface area contributed by atoms with E-state index < -0.39 is 5.97 Å². The molecule has 0 saturated carbocycles. The van der Waals surface area contributed by atoms with Gasteiger partial charge in [0.2, 0.25) is 0 Å². The minimum Gasteiger partial charge on any atom is -0.492 e. The first-order chi connectivity index (χ1) is 10.9. The van der Waals surface area contributed by atoms with E-state index in [0.717, 1.165) is 5.56 Å². The number of aryl methyl sites for hydroxylation is 1. The van der Waals surface area contributed by atoms with Crippen molar-refractivity contribution in [2.45, 2.75) is 6.92 Å². The van der Waals surface area contributed by atoms with Gasteiger partial charge in [0, 0.05) is 21.1 Å². The van der Waals surface area contributed by atoms with Crippen LogP contribution in [0.15, 0.2) is 34.8 Å². The Bertz CT molecular complexity index is 717. The molecule has 0 radical (unpaired) electrons. The van der Waals surface area contributed by atoms with E-state index in [1.807, 2.05) is 13.0 Å². The molecule has 2 aromatic carbocycles. The van der Waals surface area contributed by atoms with Crippen LogP contribution in [0, 0.1) is 6.92 Å². The lowest BCUT2D eigenvalue weighted by Gasteiger charge is -2.13. The first-order valence-corrected chi connectivity index (χ1v) is 8.28. The number of carbonyl (C=O) groups is 1. The van der Waals surface area contributed by atoms with Crippen LogP contribution in [0.5, 0.6) is 5.75 Å². The Labute approximate surface area is 152 Å². The van der Waals surface area contributed by atoms with Crippen molar-refractivity contribution in [2.24, 2.45) is 0 Å². The van der Waals surface area contributed by atoms with Crippen molar-refractivity contribution >= 4 is 50.8 Å². The number of benzene rings is 2. The Hall–Kier alpha value is -1.43. The molecule has 122 valence electrons. The second kappa shape index (κ2) is 7.90. The zero-order valence-corrected chi connectivity index (χ0v) is 15.3. The summed E-state index contributed by atoms with van der Waals surface area (Å²) in [5, 5.41) is 13.4. The molecule has 7 heteroatoms. The van der Waals surface area contributed by atoms with E-state index in [9.17, 15) is 9.90 Å². The summed E-state index contributed by atoms with van der Waals surface area (Å²) in [6.45, 7) is 2.59. The number of hydrogen-bond acceptors (Lipinski definition) is 3. The highest BCUT2D eigenvalue weighted by molar-refractivity contribution is 9.10. The third kappa shape index (κ3) is 5.03. The predicted molar refractivity (Wildman–Crippen MR) is 96.3 cm³/mol. The quantitative estimate of drug-likeness (QED) is 0.628. The van der Waals surface area contributed by atoms with Crippen LogP contribution >= 0.6 is 39.1 Å². The normalized spacial score (nSPS) is 10.4. The summed E-state index contributed by atoms with van der Waals surface area (Å²) < 4.78 is 6.25. The fourth-order valence-electron chi connectivity index (χ4n) is 2.05. The number of nitrogens with one attached hydrogen (secondary N) is 1. The summed E-state index contributed by atoms with van der Waals surface area (Å²) in [7, 11) is 0. The van der Waals surface area contributed by atoms with E-state index in [0.29, 0.717) is 39.1 Å². The smallest absolute Gasteiger partial charge is 0.337 e. The average molecular weight is 419 g/mol. The summed E-state index contributed by atoms with van der Waals surface area (Å²) in [6, 6.07) is 8.42. The van der Waals surface area contributed by atoms with Crippen LogP contribution < -0.4 is 10.1 Å². The second-order valence-electron chi connectivity index (χ2n) is 4.85. The number of carboxylic acid groups (broad SMARTS) is 1. The van der Waals surface area contributed by atoms with Gasteiger partial charge in [0.1, 0.15) is 12.4 Å². The van der Waals surface area contributed by atoms with Gasteiger partial charge >= 0.3 is 5.97 Å². The molecule has 0 bridgehead atoms. The third-order valence-corrected chi connectivity index (χ3v) is 4.04. The van der Waals surface area contributed by atoms with Crippen molar-refractivity contribution in [1.29, 1.82) is 0 Å². The summed E-state index contributed by atoms with van der Waals surface area (Å²) in [4.78, 5) is 11.3. The number of ether oxygens (including phenoxy) is 1. The van der Waals surface area contributed by atoms with Crippen molar-refractivity contribution < 1.29 is 14.6 Å². The standard InChI is InChI=1S/C16H14BrCl2NO3/c1-9-4-13(16(21)22)15(14(17)5-9)20-2-3-23-12-7-10(18)6-11(19)8-12/h4-8,20H,2-3H2,1H3,(H,21,22). The van der Waals surface area contributed by atoms with Crippen LogP contribution in [-0.2, 0) is 0 Å². The van der Waals surface area contributed by atoms with Gasteiger partial charge in [-0.3, -0.25) is 0 Å². The van der Waals surface area contributed by atoms with Gasteiger partial charge in [-0.25, -0.2) is 4.79 Å². The number of aromatic carboxylic acids is 1. The number of halogens is 3. The molecule has 0 aliphatic heterocycles. The molecule has 23 heavy (non-hydrogen) atoms. The number of carboxylic acids is 1. The fraction of sp³-hybridized carbons (Fsp3) is 0.188. The average Bonchev–Trinajstić information content (AvgIpc) is 2.43. The van der Waals surface area contributed by atoms with Gasteiger partial charge in [-0.2, -0.15) is 0 Å². The van der Waals surface area contributed by atoms with Crippen LogP contribution in [0.2, 0.25) is 10.0 Å². The second-order valence-corrected chi connectivity index (χ2v) is 6.58. The Morgan fingerprint density at radius 1 is 1.22 bits per heavy atom. The van der Waals surface area contributed by atoms with Crippen LogP contribution in [0.1, 0.15) is 15.9 Å². The van der Waals surface area contributed by atoms with Crippen LogP contribution in [-0.4, -0.2) is 24.2 Å². The molecule has 0 unspecified atom stereocenters. The van der Waals surface area contributed by atoms with Gasteiger partial charge in [0.25, 0.3) is 0 Å². The maximum Gasteiger partial charge on any atom is 0.337 e. The Kier molecular flexibility index (Phi) is 6.16. The van der Waals surface area contributed by atoms with Gasteiger partial charge in [-0.15, -0.1) is 0 Å². The van der Waals surface area contributed by atoms with Gasteiger partial charge < -0.3 is 15.2 Å². The Balaban J connectivity index is 2.00. The SMILES string of the molecule is Cc1cc(Br)c(NCCOc2cc(Cl)cc(Cl)c2)c(C(=O)O)c1. The van der Waals surface area contributed by atoms with Crippen LogP contribution in [0.3, 0.4) is 0 Å². The molecule has 0 fully saturated rings. The summed E-state index contributed by atoms with van der Waals surface area (Å²) in [5.41, 5.74) is 1.60. The topological polar surface area (TPSA) is 58.6 Å².